The van der Waals surface area contributed by atoms with Crippen LogP contribution in [0.4, 0.5) is 5.82 Å². The van der Waals surface area contributed by atoms with E-state index in [2.05, 4.69) is 51.5 Å². The van der Waals surface area contributed by atoms with E-state index in [0.29, 0.717) is 12.1 Å². The van der Waals surface area contributed by atoms with E-state index < -0.39 is 0 Å². The van der Waals surface area contributed by atoms with Crippen LogP contribution in [0, 0.1) is 0 Å². The van der Waals surface area contributed by atoms with E-state index in [4.69, 9.17) is 9.72 Å². The van der Waals surface area contributed by atoms with Crippen LogP contribution in [0.25, 0.3) is 5.65 Å². The summed E-state index contributed by atoms with van der Waals surface area (Å²) >= 11 is 0. The topological polar surface area (TPSA) is 42.7 Å². The van der Waals surface area contributed by atoms with E-state index in [1.54, 1.807) is 0 Å². The van der Waals surface area contributed by atoms with E-state index in [1.807, 2.05) is 16.9 Å². The molecule has 3 heterocycles. The Morgan fingerprint density at radius 3 is 2.43 bits per heavy atom. The van der Waals surface area contributed by atoms with Crippen molar-refractivity contribution < 1.29 is 4.74 Å². The minimum absolute atomic E-state index is 0.0179. The lowest BCUT2D eigenvalue weighted by atomic mass is 9.83. The normalized spacial score (nSPS) is 24.0. The fraction of sp³-hybridized carbons (Fsp3) is 0.667. The number of hydrogen-bond acceptors (Lipinski definition) is 4. The van der Waals surface area contributed by atoms with Crippen LogP contribution in [0.1, 0.15) is 59.9 Å². The van der Waals surface area contributed by atoms with Gasteiger partial charge in [-0.1, -0.05) is 20.8 Å². The monoisotopic (exact) mass is 314 g/mol. The standard InChI is InChI=1S/C18H26N4O/c1-17(2,3)11-9-19-21-10-14-16(20-15(11)21)22(18(4,5)6)12-7-8-13(12)23-14/h9-10,12-13H,7-8H2,1-6H3/t12-,13+/m1/s1. The van der Waals surface area contributed by atoms with Crippen LogP contribution in [0.15, 0.2) is 12.4 Å². The fourth-order valence-electron chi connectivity index (χ4n) is 3.69. The molecule has 5 nitrogen and oxygen atoms in total. The second-order valence-corrected chi connectivity index (χ2v) is 8.85. The molecule has 0 spiro atoms. The molecule has 1 aliphatic carbocycles. The van der Waals surface area contributed by atoms with E-state index in [0.717, 1.165) is 23.6 Å². The molecule has 5 heteroatoms. The molecule has 2 atom stereocenters. The van der Waals surface area contributed by atoms with E-state index in [9.17, 15) is 0 Å². The van der Waals surface area contributed by atoms with Gasteiger partial charge in [-0.25, -0.2) is 9.50 Å². The third kappa shape index (κ3) is 2.12. The second kappa shape index (κ2) is 4.40. The third-order valence-electron chi connectivity index (χ3n) is 4.99. The fourth-order valence-corrected chi connectivity index (χ4v) is 3.69. The maximum atomic E-state index is 6.19. The predicted octanol–water partition coefficient (Wildman–Crippen LogP) is 3.56. The van der Waals surface area contributed by atoms with Gasteiger partial charge in [0.25, 0.3) is 0 Å². The van der Waals surface area contributed by atoms with Crippen molar-refractivity contribution in [1.82, 2.24) is 14.6 Å². The molecule has 4 rings (SSSR count). The summed E-state index contributed by atoms with van der Waals surface area (Å²) in [6.45, 7) is 13.4. The first-order valence-electron chi connectivity index (χ1n) is 8.51. The van der Waals surface area contributed by atoms with Crippen LogP contribution in [0.2, 0.25) is 0 Å². The SMILES string of the molecule is CC(C)(C)c1cnn2cc3c(nc12)N(C(C)(C)C)[C@@H]1CC[C@@H]1O3. The second-order valence-electron chi connectivity index (χ2n) is 8.85. The van der Waals surface area contributed by atoms with Gasteiger partial charge in [-0.05, 0) is 39.0 Å². The molecule has 2 aromatic rings. The molecule has 2 aliphatic rings. The van der Waals surface area contributed by atoms with Gasteiger partial charge in [0.15, 0.2) is 17.2 Å². The van der Waals surface area contributed by atoms with E-state index in [1.165, 1.54) is 12.0 Å². The van der Waals surface area contributed by atoms with Crippen molar-refractivity contribution in [3.8, 4) is 5.75 Å². The van der Waals surface area contributed by atoms with Crippen molar-refractivity contribution in [3.05, 3.63) is 18.0 Å². The third-order valence-corrected chi connectivity index (χ3v) is 4.99. The summed E-state index contributed by atoms with van der Waals surface area (Å²) in [4.78, 5) is 7.47. The van der Waals surface area contributed by atoms with Gasteiger partial charge in [0.2, 0.25) is 0 Å². The maximum Gasteiger partial charge on any atom is 0.180 e. The molecule has 0 radical (unpaired) electrons. The minimum Gasteiger partial charge on any atom is -0.483 e. The minimum atomic E-state index is 0.0179. The summed E-state index contributed by atoms with van der Waals surface area (Å²) < 4.78 is 8.05. The van der Waals surface area contributed by atoms with E-state index in [-0.39, 0.29) is 11.0 Å². The van der Waals surface area contributed by atoms with Gasteiger partial charge in [0.1, 0.15) is 6.10 Å². The Balaban J connectivity index is 1.93. The summed E-state index contributed by atoms with van der Waals surface area (Å²) in [6, 6.07) is 0.443. The van der Waals surface area contributed by atoms with Crippen LogP contribution in [-0.4, -0.2) is 32.3 Å². The molecule has 1 aliphatic heterocycles. The molecule has 0 aromatic carbocycles. The Labute approximate surface area is 137 Å². The van der Waals surface area contributed by atoms with Gasteiger partial charge in [0.05, 0.1) is 18.4 Å². The highest BCUT2D eigenvalue weighted by molar-refractivity contribution is 5.64. The van der Waals surface area contributed by atoms with Crippen molar-refractivity contribution in [2.45, 2.75) is 77.5 Å². The smallest absolute Gasteiger partial charge is 0.180 e. The summed E-state index contributed by atoms with van der Waals surface area (Å²) in [7, 11) is 0. The van der Waals surface area contributed by atoms with Crippen LogP contribution >= 0.6 is 0 Å². The highest BCUT2D eigenvalue weighted by atomic mass is 16.5. The number of fused-ring (bicyclic) bond motifs is 3. The number of aromatic nitrogens is 3. The molecule has 23 heavy (non-hydrogen) atoms. The van der Waals surface area contributed by atoms with Crippen molar-refractivity contribution in [2.75, 3.05) is 4.90 Å². The number of anilines is 1. The molecule has 124 valence electrons. The molecule has 2 aromatic heterocycles. The molecule has 0 saturated heterocycles. The van der Waals surface area contributed by atoms with Crippen molar-refractivity contribution >= 4 is 11.5 Å². The van der Waals surface area contributed by atoms with Crippen LogP contribution in [0.5, 0.6) is 5.75 Å². The molecule has 0 bridgehead atoms. The summed E-state index contributed by atoms with van der Waals surface area (Å²) in [6.07, 6.45) is 6.53. The number of hydrogen-bond donors (Lipinski definition) is 0. The predicted molar refractivity (Wildman–Crippen MR) is 91.4 cm³/mol. The Bertz CT molecular complexity index is 766. The maximum absolute atomic E-state index is 6.19. The van der Waals surface area contributed by atoms with Gasteiger partial charge in [-0.3, -0.25) is 0 Å². The number of rotatable bonds is 0. The zero-order chi connectivity index (χ0) is 16.6. The van der Waals surface area contributed by atoms with E-state index >= 15 is 0 Å². The van der Waals surface area contributed by atoms with Crippen molar-refractivity contribution in [1.29, 1.82) is 0 Å². The average Bonchev–Trinajstić information content (AvgIpc) is 2.80. The van der Waals surface area contributed by atoms with Crippen LogP contribution in [0.3, 0.4) is 0 Å². The van der Waals surface area contributed by atoms with Gasteiger partial charge in [0, 0.05) is 11.1 Å². The highest BCUT2D eigenvalue weighted by Crippen LogP contribution is 2.45. The molecular weight excluding hydrogens is 288 g/mol. The first-order valence-corrected chi connectivity index (χ1v) is 8.51. The van der Waals surface area contributed by atoms with Gasteiger partial charge in [-0.2, -0.15) is 5.10 Å². The Morgan fingerprint density at radius 1 is 1.13 bits per heavy atom. The molecule has 0 amide bonds. The van der Waals surface area contributed by atoms with Gasteiger partial charge in [-0.15, -0.1) is 0 Å². The largest absolute Gasteiger partial charge is 0.483 e. The quantitative estimate of drug-likeness (QED) is 0.746. The Hall–Kier alpha value is -1.78. The van der Waals surface area contributed by atoms with Crippen molar-refractivity contribution in [3.63, 3.8) is 0 Å². The summed E-state index contributed by atoms with van der Waals surface area (Å²) in [5, 5.41) is 4.50. The number of nitrogens with zero attached hydrogens (tertiary/aromatic N) is 4. The molecule has 0 unspecified atom stereocenters. The summed E-state index contributed by atoms with van der Waals surface area (Å²) in [5.41, 5.74) is 2.15. The lowest BCUT2D eigenvalue weighted by molar-refractivity contribution is 0.0616. The first-order chi connectivity index (χ1) is 10.7. The first kappa shape index (κ1) is 14.8. The average molecular weight is 314 g/mol. The molecule has 1 fully saturated rings. The molecule has 1 saturated carbocycles. The van der Waals surface area contributed by atoms with Crippen LogP contribution in [-0.2, 0) is 5.41 Å². The lowest BCUT2D eigenvalue weighted by Gasteiger charge is -2.53. The Morgan fingerprint density at radius 2 is 1.87 bits per heavy atom. The zero-order valence-electron chi connectivity index (χ0n) is 14.9. The van der Waals surface area contributed by atoms with Gasteiger partial charge >= 0.3 is 0 Å². The zero-order valence-corrected chi connectivity index (χ0v) is 14.9. The lowest BCUT2D eigenvalue weighted by Crippen LogP contribution is -2.62. The Kier molecular flexibility index (Phi) is 2.83. The van der Waals surface area contributed by atoms with Crippen molar-refractivity contribution in [2.24, 2.45) is 0 Å². The summed E-state index contributed by atoms with van der Waals surface area (Å²) in [5.74, 6) is 1.83. The highest BCUT2D eigenvalue weighted by Gasteiger charge is 2.47. The number of ether oxygens (including phenoxy) is 1. The van der Waals surface area contributed by atoms with Gasteiger partial charge < -0.3 is 9.64 Å². The molecular formula is C18H26N4O. The van der Waals surface area contributed by atoms with Crippen LogP contribution < -0.4 is 9.64 Å². The molecule has 0 N–H and O–H groups in total.